The van der Waals surface area contributed by atoms with Gasteiger partial charge in [0, 0.05) is 39.0 Å². The Bertz CT molecular complexity index is 1330. The number of carbonyl (C=O) groups excluding carboxylic acids is 4. The summed E-state index contributed by atoms with van der Waals surface area (Å²) in [7, 11) is 3.21. The maximum Gasteiger partial charge on any atom is 0.329 e. The number of hydrogen-bond donors (Lipinski definition) is 2. The van der Waals surface area contributed by atoms with E-state index >= 15 is 0 Å². The highest BCUT2D eigenvalue weighted by atomic mass is 16.6. The fourth-order valence-electron chi connectivity index (χ4n) is 8.87. The quantitative estimate of drug-likeness (QED) is 0.205. The van der Waals surface area contributed by atoms with Crippen molar-refractivity contribution >= 4 is 23.4 Å². The van der Waals surface area contributed by atoms with Gasteiger partial charge in [-0.2, -0.15) is 0 Å². The van der Waals surface area contributed by atoms with Gasteiger partial charge in [0.25, 0.3) is 5.91 Å². The number of Topliss-reactive ketones (excluding diaryl/α,β-unsaturated/α-hetero) is 2. The summed E-state index contributed by atoms with van der Waals surface area (Å²) >= 11 is 0. The third-order valence-electron chi connectivity index (χ3n) is 12.0. The van der Waals surface area contributed by atoms with E-state index in [2.05, 4.69) is 19.6 Å². The van der Waals surface area contributed by atoms with Crippen LogP contribution in [0.3, 0.4) is 0 Å². The second kappa shape index (κ2) is 20.3. The molecule has 1 saturated carbocycles. The first-order valence-corrected chi connectivity index (χ1v) is 19.9. The summed E-state index contributed by atoms with van der Waals surface area (Å²) in [6, 6.07) is -0.982. The van der Waals surface area contributed by atoms with Crippen molar-refractivity contribution in [3.63, 3.8) is 0 Å². The van der Waals surface area contributed by atoms with Crippen LogP contribution in [-0.4, -0.2) is 108 Å². The smallest absolute Gasteiger partial charge is 0.329 e. The Morgan fingerprint density at radius 3 is 2.32 bits per heavy atom. The van der Waals surface area contributed by atoms with E-state index in [1.54, 1.807) is 27.2 Å². The molecule has 2 N–H and O–H groups in total. The number of allylic oxidation sites excluding steroid dienone is 4. The number of ether oxygens (including phenoxy) is 4. The molecule has 2 bridgehead atoms. The number of rotatable bonds is 6. The monoisotopic (exact) mass is 743 g/mol. The zero-order valence-electron chi connectivity index (χ0n) is 32.9. The van der Waals surface area contributed by atoms with Crippen LogP contribution >= 0.6 is 0 Å². The van der Waals surface area contributed by atoms with Gasteiger partial charge in [-0.3, -0.25) is 14.4 Å². The third-order valence-corrected chi connectivity index (χ3v) is 12.0. The van der Waals surface area contributed by atoms with Crippen molar-refractivity contribution in [3.8, 4) is 0 Å². The number of amides is 1. The zero-order valence-corrected chi connectivity index (χ0v) is 32.9. The van der Waals surface area contributed by atoms with Crippen LogP contribution in [0.25, 0.3) is 0 Å². The fourth-order valence-corrected chi connectivity index (χ4v) is 8.87. The summed E-state index contributed by atoms with van der Waals surface area (Å²) in [5.41, 5.74) is 1.77. The van der Waals surface area contributed by atoms with Crippen LogP contribution in [0, 0.1) is 23.7 Å². The standard InChI is InChI=1S/C42H65NO10/c1-8-11-30-21-25(2)20-26(3)22-37(51-7)40-36(50-6)18-17-35(52-40)38(47)41(48)43-19-10-9-12-32(43)42(49)53-39(28(5)33(45)24-34(30)46)27(4)23-29-13-15-31(44)16-14-29/h8,21,23,26,28-33,35-37,39-40,44-45H,1,9-20,22,24H2,2-7H3/b25-21+,27-23+/t26-,28+,29?,30+,31?,32-,33-,35?,36-,37-,39+,40?/m0/s1. The van der Waals surface area contributed by atoms with E-state index in [0.717, 1.165) is 24.0 Å². The summed E-state index contributed by atoms with van der Waals surface area (Å²) in [6.07, 6.45) is 8.01. The number of ketones is 2. The number of hydrogen-bond acceptors (Lipinski definition) is 10. The zero-order chi connectivity index (χ0) is 38.8. The molecule has 4 rings (SSSR count). The largest absolute Gasteiger partial charge is 0.456 e. The van der Waals surface area contributed by atoms with Crippen LogP contribution in [0.15, 0.2) is 36.0 Å². The normalized spacial score (nSPS) is 38.9. The van der Waals surface area contributed by atoms with Gasteiger partial charge < -0.3 is 34.1 Å². The molecule has 0 aromatic rings. The lowest BCUT2D eigenvalue weighted by Crippen LogP contribution is -2.56. The molecule has 3 heterocycles. The van der Waals surface area contributed by atoms with Crippen LogP contribution in [0.5, 0.6) is 0 Å². The van der Waals surface area contributed by atoms with E-state index in [1.807, 2.05) is 19.9 Å². The van der Waals surface area contributed by atoms with Crippen molar-refractivity contribution in [2.45, 2.75) is 160 Å². The first kappa shape index (κ1) is 43.0. The predicted octanol–water partition coefficient (Wildman–Crippen LogP) is 5.45. The number of methoxy groups -OCH3 is 2. The molecule has 10 atom stereocenters. The first-order chi connectivity index (χ1) is 25.3. The molecule has 2 saturated heterocycles. The maximum atomic E-state index is 14.1. The molecule has 0 radical (unpaired) electrons. The lowest BCUT2D eigenvalue weighted by Gasteiger charge is -2.40. The number of esters is 1. The summed E-state index contributed by atoms with van der Waals surface area (Å²) in [5, 5.41) is 21.7. The van der Waals surface area contributed by atoms with E-state index in [1.165, 1.54) is 4.90 Å². The molecular formula is C42H65NO10. The van der Waals surface area contributed by atoms with Gasteiger partial charge in [-0.1, -0.05) is 37.6 Å². The van der Waals surface area contributed by atoms with Gasteiger partial charge in [0.1, 0.15) is 30.1 Å². The maximum absolute atomic E-state index is 14.1. The average Bonchev–Trinajstić information content (AvgIpc) is 3.14. The molecule has 0 aromatic heterocycles. The average molecular weight is 744 g/mol. The second-order valence-corrected chi connectivity index (χ2v) is 16.2. The number of aliphatic hydroxyl groups excluding tert-OH is 2. The molecule has 4 aliphatic rings. The topological polar surface area (TPSA) is 149 Å². The van der Waals surface area contributed by atoms with Gasteiger partial charge >= 0.3 is 5.97 Å². The molecule has 2 unspecified atom stereocenters. The van der Waals surface area contributed by atoms with Gasteiger partial charge in [0.15, 0.2) is 0 Å². The fraction of sp³-hybridized carbons (Fsp3) is 0.762. The minimum atomic E-state index is -1.12. The Kier molecular flexibility index (Phi) is 16.5. The number of piperidine rings is 1. The number of cyclic esters (lactones) is 1. The minimum absolute atomic E-state index is 0.120. The van der Waals surface area contributed by atoms with Crippen molar-refractivity contribution in [2.75, 3.05) is 20.8 Å². The Balaban J connectivity index is 1.72. The molecule has 0 spiro atoms. The van der Waals surface area contributed by atoms with E-state index in [0.29, 0.717) is 64.2 Å². The summed E-state index contributed by atoms with van der Waals surface area (Å²) < 4.78 is 24.4. The van der Waals surface area contributed by atoms with Crippen molar-refractivity contribution in [1.82, 2.24) is 4.90 Å². The van der Waals surface area contributed by atoms with Gasteiger partial charge in [-0.15, -0.1) is 6.58 Å². The van der Waals surface area contributed by atoms with E-state index < -0.39 is 66.1 Å². The summed E-state index contributed by atoms with van der Waals surface area (Å²) in [6.45, 7) is 11.9. The Morgan fingerprint density at radius 1 is 0.962 bits per heavy atom. The molecular weight excluding hydrogens is 678 g/mol. The first-order valence-electron chi connectivity index (χ1n) is 19.9. The minimum Gasteiger partial charge on any atom is -0.456 e. The van der Waals surface area contributed by atoms with Crippen molar-refractivity contribution in [1.29, 1.82) is 0 Å². The van der Waals surface area contributed by atoms with Crippen LogP contribution in [-0.2, 0) is 38.1 Å². The lowest BCUT2D eigenvalue weighted by atomic mass is 9.82. The van der Waals surface area contributed by atoms with Crippen molar-refractivity contribution < 1.29 is 48.3 Å². The molecule has 3 aliphatic heterocycles. The summed E-state index contributed by atoms with van der Waals surface area (Å²) in [4.78, 5) is 57.2. The molecule has 298 valence electrons. The van der Waals surface area contributed by atoms with E-state index in [-0.39, 0.29) is 42.8 Å². The molecule has 1 aliphatic carbocycles. The molecule has 11 nitrogen and oxygen atoms in total. The Hall–Kier alpha value is -2.70. The molecule has 0 aromatic carbocycles. The van der Waals surface area contributed by atoms with Crippen LogP contribution in [0.4, 0.5) is 0 Å². The highest BCUT2D eigenvalue weighted by Gasteiger charge is 2.45. The van der Waals surface area contributed by atoms with E-state index in [9.17, 15) is 29.4 Å². The molecule has 53 heavy (non-hydrogen) atoms. The number of aliphatic hydroxyl groups is 2. The van der Waals surface area contributed by atoms with Gasteiger partial charge in [-0.05, 0) is 108 Å². The van der Waals surface area contributed by atoms with Crippen LogP contribution in [0.2, 0.25) is 0 Å². The SMILES string of the molecule is C=CC[C@@H]1/C=C(\C)C[C@H](C)C[C@H](OC)C2OC(CC[C@@H]2OC)C(=O)C(=O)N2CCCC[C@H]2C(=O)O[C@H](/C(C)=C/C2CCC(O)CC2)[C@H](C)[C@@H](O)CC1=O. The molecule has 1 amide bonds. The lowest BCUT2D eigenvalue weighted by molar-refractivity contribution is -0.187. The number of nitrogens with zero attached hydrogens (tertiary/aromatic N) is 1. The second-order valence-electron chi connectivity index (χ2n) is 16.2. The number of fused-ring (bicyclic) bond motifs is 3. The third kappa shape index (κ3) is 11.4. The van der Waals surface area contributed by atoms with Gasteiger partial charge in [-0.25, -0.2) is 4.79 Å². The predicted molar refractivity (Wildman–Crippen MR) is 201 cm³/mol. The van der Waals surface area contributed by atoms with Crippen LogP contribution < -0.4 is 0 Å². The Labute approximate surface area is 316 Å². The van der Waals surface area contributed by atoms with Crippen molar-refractivity contribution in [3.05, 3.63) is 36.0 Å². The Morgan fingerprint density at radius 2 is 1.66 bits per heavy atom. The van der Waals surface area contributed by atoms with Crippen molar-refractivity contribution in [2.24, 2.45) is 23.7 Å². The highest BCUT2D eigenvalue weighted by molar-refractivity contribution is 6.38. The number of carbonyl (C=O) groups is 4. The van der Waals surface area contributed by atoms with Gasteiger partial charge in [0.2, 0.25) is 5.78 Å². The van der Waals surface area contributed by atoms with E-state index in [4.69, 9.17) is 18.9 Å². The van der Waals surface area contributed by atoms with Crippen LogP contribution in [0.1, 0.15) is 111 Å². The molecule has 3 fully saturated rings. The molecule has 11 heteroatoms. The summed E-state index contributed by atoms with van der Waals surface area (Å²) in [5.74, 6) is -3.08. The van der Waals surface area contributed by atoms with Gasteiger partial charge in [0.05, 0.1) is 24.4 Å². The highest BCUT2D eigenvalue weighted by Crippen LogP contribution is 2.33.